The van der Waals surface area contributed by atoms with Crippen LogP contribution in [0.25, 0.3) is 0 Å². The first-order valence-corrected chi connectivity index (χ1v) is 8.08. The number of ketones is 1. The number of benzene rings is 2. The fourth-order valence-corrected chi connectivity index (χ4v) is 2.89. The Morgan fingerprint density at radius 1 is 1.20 bits per heavy atom. The van der Waals surface area contributed by atoms with Gasteiger partial charge in [0.05, 0.1) is 7.11 Å². The molecule has 0 aliphatic heterocycles. The van der Waals surface area contributed by atoms with Gasteiger partial charge in [-0.2, -0.15) is 0 Å². The van der Waals surface area contributed by atoms with Gasteiger partial charge >= 0.3 is 0 Å². The Labute approximate surface area is 140 Å². The van der Waals surface area contributed by atoms with E-state index >= 15 is 0 Å². The summed E-state index contributed by atoms with van der Waals surface area (Å²) in [5.74, 6) is 1.01. The second-order valence-electron chi connectivity index (χ2n) is 4.40. The van der Waals surface area contributed by atoms with Crippen molar-refractivity contribution in [2.24, 2.45) is 0 Å². The molecule has 0 N–H and O–H groups in total. The minimum Gasteiger partial charge on any atom is -0.497 e. The van der Waals surface area contributed by atoms with Crippen LogP contribution in [0.2, 0.25) is 0 Å². The summed E-state index contributed by atoms with van der Waals surface area (Å²) in [6, 6.07) is 13.6. The molecule has 0 saturated heterocycles. The molecule has 0 aliphatic rings. The first-order valence-electron chi connectivity index (χ1n) is 6.21. The highest BCUT2D eigenvalue weighted by atomic mass is 127. The Balaban J connectivity index is 2.02. The average molecular weight is 445 g/mol. The predicted octanol–water partition coefficient (Wildman–Crippen LogP) is 4.88. The SMILES string of the molecule is COc1ccc(CCC(=O)c2cc(Br)ccc2I)cc1. The van der Waals surface area contributed by atoms with Gasteiger partial charge in [0, 0.05) is 20.0 Å². The molecule has 0 radical (unpaired) electrons. The summed E-state index contributed by atoms with van der Waals surface area (Å²) in [7, 11) is 1.65. The van der Waals surface area contributed by atoms with Crippen LogP contribution in [0.5, 0.6) is 5.75 Å². The van der Waals surface area contributed by atoms with Gasteiger partial charge in [0.15, 0.2) is 5.78 Å². The molecule has 0 aliphatic carbocycles. The van der Waals surface area contributed by atoms with Gasteiger partial charge in [-0.25, -0.2) is 0 Å². The van der Waals surface area contributed by atoms with Gasteiger partial charge in [-0.05, 0) is 64.9 Å². The molecule has 0 bridgehead atoms. The van der Waals surface area contributed by atoms with E-state index in [0.29, 0.717) is 6.42 Å². The quantitative estimate of drug-likeness (QED) is 0.485. The van der Waals surface area contributed by atoms with Gasteiger partial charge in [0.2, 0.25) is 0 Å². The van der Waals surface area contributed by atoms with E-state index in [2.05, 4.69) is 38.5 Å². The molecule has 0 spiro atoms. The highest BCUT2D eigenvalue weighted by Gasteiger charge is 2.10. The molecule has 0 saturated carbocycles. The van der Waals surface area contributed by atoms with Gasteiger partial charge in [-0.15, -0.1) is 0 Å². The maximum Gasteiger partial charge on any atom is 0.164 e. The van der Waals surface area contributed by atoms with E-state index in [-0.39, 0.29) is 5.78 Å². The van der Waals surface area contributed by atoms with Crippen LogP contribution in [-0.2, 0) is 6.42 Å². The molecule has 2 rings (SSSR count). The van der Waals surface area contributed by atoms with Crippen LogP contribution in [-0.4, -0.2) is 12.9 Å². The molecule has 2 aromatic carbocycles. The topological polar surface area (TPSA) is 26.3 Å². The van der Waals surface area contributed by atoms with Crippen LogP contribution >= 0.6 is 38.5 Å². The maximum atomic E-state index is 12.3. The molecule has 104 valence electrons. The summed E-state index contributed by atoms with van der Waals surface area (Å²) < 4.78 is 7.05. The van der Waals surface area contributed by atoms with Crippen molar-refractivity contribution < 1.29 is 9.53 Å². The molecule has 0 unspecified atom stereocenters. The number of ether oxygens (including phenoxy) is 1. The van der Waals surface area contributed by atoms with E-state index < -0.39 is 0 Å². The fraction of sp³-hybridized carbons (Fsp3) is 0.188. The van der Waals surface area contributed by atoms with Crippen molar-refractivity contribution in [3.8, 4) is 5.75 Å². The van der Waals surface area contributed by atoms with Crippen LogP contribution < -0.4 is 4.74 Å². The van der Waals surface area contributed by atoms with Crippen LogP contribution in [0.3, 0.4) is 0 Å². The van der Waals surface area contributed by atoms with Gasteiger partial charge < -0.3 is 4.74 Å². The highest BCUT2D eigenvalue weighted by molar-refractivity contribution is 14.1. The smallest absolute Gasteiger partial charge is 0.164 e. The molecule has 4 heteroatoms. The van der Waals surface area contributed by atoms with Crippen LogP contribution in [0.4, 0.5) is 0 Å². The van der Waals surface area contributed by atoms with Crippen LogP contribution in [0.15, 0.2) is 46.9 Å². The number of carbonyl (C=O) groups excluding carboxylic acids is 1. The van der Waals surface area contributed by atoms with E-state index in [0.717, 1.165) is 31.3 Å². The van der Waals surface area contributed by atoms with Crippen molar-refractivity contribution in [2.45, 2.75) is 12.8 Å². The maximum absolute atomic E-state index is 12.3. The van der Waals surface area contributed by atoms with Gasteiger partial charge in [-0.3, -0.25) is 4.79 Å². The number of methoxy groups -OCH3 is 1. The molecule has 0 aromatic heterocycles. The summed E-state index contributed by atoms with van der Waals surface area (Å²) in [5.41, 5.74) is 1.93. The van der Waals surface area contributed by atoms with Crippen LogP contribution in [0.1, 0.15) is 22.3 Å². The van der Waals surface area contributed by atoms with E-state index in [1.807, 2.05) is 42.5 Å². The second-order valence-corrected chi connectivity index (χ2v) is 6.47. The lowest BCUT2D eigenvalue weighted by molar-refractivity contribution is 0.0982. The number of rotatable bonds is 5. The molecule has 2 nitrogen and oxygen atoms in total. The molecular formula is C16H14BrIO2. The first-order chi connectivity index (χ1) is 9.60. The zero-order valence-corrected chi connectivity index (χ0v) is 14.8. The fourth-order valence-electron chi connectivity index (χ4n) is 1.90. The van der Waals surface area contributed by atoms with Crippen molar-refractivity contribution in [2.75, 3.05) is 7.11 Å². The van der Waals surface area contributed by atoms with Crippen molar-refractivity contribution >= 4 is 44.3 Å². The number of carbonyl (C=O) groups is 1. The Kier molecular flexibility index (Phi) is 5.60. The molecule has 0 fully saturated rings. The summed E-state index contributed by atoms with van der Waals surface area (Å²) in [5, 5.41) is 0. The number of aryl methyl sites for hydroxylation is 1. The van der Waals surface area contributed by atoms with Crippen LogP contribution in [0, 0.1) is 3.57 Å². The number of Topliss-reactive ketones (excluding diaryl/α,β-unsaturated/α-hetero) is 1. The normalized spacial score (nSPS) is 10.3. The van der Waals surface area contributed by atoms with Crippen molar-refractivity contribution in [1.82, 2.24) is 0 Å². The zero-order valence-electron chi connectivity index (χ0n) is 11.0. The molecule has 0 amide bonds. The first kappa shape index (κ1) is 15.5. The largest absolute Gasteiger partial charge is 0.497 e. The molecule has 20 heavy (non-hydrogen) atoms. The van der Waals surface area contributed by atoms with E-state index in [1.165, 1.54) is 0 Å². The number of hydrogen-bond acceptors (Lipinski definition) is 2. The summed E-state index contributed by atoms with van der Waals surface area (Å²) in [6.07, 6.45) is 1.25. The Morgan fingerprint density at radius 2 is 1.90 bits per heavy atom. The molecule has 0 atom stereocenters. The van der Waals surface area contributed by atoms with Gasteiger partial charge in [0.25, 0.3) is 0 Å². The van der Waals surface area contributed by atoms with E-state index in [1.54, 1.807) is 7.11 Å². The van der Waals surface area contributed by atoms with E-state index in [9.17, 15) is 4.79 Å². The average Bonchev–Trinajstić information content (AvgIpc) is 2.47. The zero-order chi connectivity index (χ0) is 14.5. The second kappa shape index (κ2) is 7.22. The van der Waals surface area contributed by atoms with Crippen molar-refractivity contribution in [3.05, 3.63) is 61.6 Å². The van der Waals surface area contributed by atoms with E-state index in [4.69, 9.17) is 4.74 Å². The predicted molar refractivity (Wildman–Crippen MR) is 92.5 cm³/mol. The third kappa shape index (κ3) is 4.06. The standard InChI is InChI=1S/C16H14BrIO2/c1-20-13-6-2-11(3-7-13)4-9-16(19)14-10-12(17)5-8-15(14)18/h2-3,5-8,10H,4,9H2,1H3. The number of hydrogen-bond donors (Lipinski definition) is 0. The summed E-state index contributed by atoms with van der Waals surface area (Å²) in [6.45, 7) is 0. The Hall–Kier alpha value is -0.880. The lowest BCUT2D eigenvalue weighted by Crippen LogP contribution is -2.03. The lowest BCUT2D eigenvalue weighted by Gasteiger charge is -2.06. The minimum absolute atomic E-state index is 0.173. The molecular weight excluding hydrogens is 431 g/mol. The monoisotopic (exact) mass is 444 g/mol. The van der Waals surface area contributed by atoms with Crippen molar-refractivity contribution in [3.63, 3.8) is 0 Å². The van der Waals surface area contributed by atoms with Gasteiger partial charge in [0.1, 0.15) is 5.75 Å². The Morgan fingerprint density at radius 3 is 2.55 bits per heavy atom. The molecule has 2 aromatic rings. The van der Waals surface area contributed by atoms with Crippen molar-refractivity contribution in [1.29, 1.82) is 0 Å². The lowest BCUT2D eigenvalue weighted by atomic mass is 10.0. The van der Waals surface area contributed by atoms with Gasteiger partial charge in [-0.1, -0.05) is 28.1 Å². The summed E-state index contributed by atoms with van der Waals surface area (Å²) >= 11 is 5.60. The Bertz CT molecular complexity index is 608. The third-order valence-corrected chi connectivity index (χ3v) is 4.46. The third-order valence-electron chi connectivity index (χ3n) is 3.03. The summed E-state index contributed by atoms with van der Waals surface area (Å²) in [4.78, 5) is 12.3. The molecule has 0 heterocycles. The number of halogens is 2. The highest BCUT2D eigenvalue weighted by Crippen LogP contribution is 2.21. The minimum atomic E-state index is 0.173.